The number of nitrogens with two attached hydrogens (primary N) is 1. The highest BCUT2D eigenvalue weighted by molar-refractivity contribution is 9.10. The second-order valence-corrected chi connectivity index (χ2v) is 4.58. The molecule has 0 fully saturated rings. The molecule has 0 spiro atoms. The van der Waals surface area contributed by atoms with Crippen LogP contribution in [0.4, 0.5) is 5.69 Å². The van der Waals surface area contributed by atoms with Gasteiger partial charge in [-0.15, -0.1) is 0 Å². The van der Waals surface area contributed by atoms with Gasteiger partial charge in [0.05, 0.1) is 17.4 Å². The first kappa shape index (κ1) is 12.6. The van der Waals surface area contributed by atoms with Gasteiger partial charge in [0.2, 0.25) is 0 Å². The number of nitrogens with zero attached hydrogens (tertiary/aromatic N) is 1. The summed E-state index contributed by atoms with van der Waals surface area (Å²) in [5.74, 6) is -0.446. The Labute approximate surface area is 113 Å². The van der Waals surface area contributed by atoms with Gasteiger partial charge in [0, 0.05) is 10.7 Å². The third-order valence-electron chi connectivity index (χ3n) is 2.35. The van der Waals surface area contributed by atoms with Crippen LogP contribution >= 0.6 is 15.9 Å². The van der Waals surface area contributed by atoms with Crippen LogP contribution in [0.1, 0.15) is 15.9 Å². The number of rotatable bonds is 3. The molecule has 0 saturated carbocycles. The van der Waals surface area contributed by atoms with Crippen LogP contribution in [0.2, 0.25) is 0 Å². The van der Waals surface area contributed by atoms with Gasteiger partial charge in [0.25, 0.3) is 0 Å². The monoisotopic (exact) mass is 306 g/mol. The fourth-order valence-electron chi connectivity index (χ4n) is 1.40. The van der Waals surface area contributed by atoms with E-state index in [1.165, 1.54) is 12.4 Å². The predicted molar refractivity (Wildman–Crippen MR) is 71.9 cm³/mol. The first-order valence-corrected chi connectivity index (χ1v) is 6.07. The van der Waals surface area contributed by atoms with Crippen LogP contribution in [0, 0.1) is 0 Å². The quantitative estimate of drug-likeness (QED) is 0.886. The Bertz CT molecular complexity index is 555. The standard InChI is InChI=1S/C13H11BrN2O2/c14-10-3-1-9(2-4-10)8-18-13(17)11-5-6-16-7-12(11)15/h1-7H,8,15H2. The van der Waals surface area contributed by atoms with Crippen molar-refractivity contribution >= 4 is 27.6 Å². The number of halogens is 1. The Morgan fingerprint density at radius 1 is 1.28 bits per heavy atom. The second-order valence-electron chi connectivity index (χ2n) is 3.67. The lowest BCUT2D eigenvalue weighted by molar-refractivity contribution is 0.0474. The summed E-state index contributed by atoms with van der Waals surface area (Å²) < 4.78 is 6.16. The van der Waals surface area contributed by atoms with Crippen molar-refractivity contribution in [1.29, 1.82) is 0 Å². The zero-order chi connectivity index (χ0) is 13.0. The molecule has 0 atom stereocenters. The number of hydrogen-bond donors (Lipinski definition) is 1. The third kappa shape index (κ3) is 3.07. The molecule has 0 saturated heterocycles. The van der Waals surface area contributed by atoms with Gasteiger partial charge in [0.15, 0.2) is 0 Å². The van der Waals surface area contributed by atoms with Crippen molar-refractivity contribution in [2.45, 2.75) is 6.61 Å². The number of aromatic nitrogens is 1. The zero-order valence-corrected chi connectivity index (χ0v) is 11.1. The van der Waals surface area contributed by atoms with E-state index in [4.69, 9.17) is 10.5 Å². The van der Waals surface area contributed by atoms with Crippen molar-refractivity contribution in [3.8, 4) is 0 Å². The highest BCUT2D eigenvalue weighted by atomic mass is 79.9. The fraction of sp³-hybridized carbons (Fsp3) is 0.0769. The maximum absolute atomic E-state index is 11.8. The molecule has 0 aliphatic carbocycles. The van der Waals surface area contributed by atoms with Crippen LogP contribution in [0.5, 0.6) is 0 Å². The number of carbonyl (C=O) groups is 1. The largest absolute Gasteiger partial charge is 0.457 e. The highest BCUT2D eigenvalue weighted by Gasteiger charge is 2.10. The molecule has 1 heterocycles. The number of esters is 1. The molecule has 0 aliphatic heterocycles. The molecule has 4 nitrogen and oxygen atoms in total. The Morgan fingerprint density at radius 3 is 2.67 bits per heavy atom. The Kier molecular flexibility index (Phi) is 3.94. The molecule has 5 heteroatoms. The summed E-state index contributed by atoms with van der Waals surface area (Å²) in [6, 6.07) is 9.09. The average molecular weight is 307 g/mol. The van der Waals surface area contributed by atoms with Crippen LogP contribution in [0.25, 0.3) is 0 Å². The predicted octanol–water partition coefficient (Wildman–Crippen LogP) is 2.78. The summed E-state index contributed by atoms with van der Waals surface area (Å²) in [6.45, 7) is 0.216. The Morgan fingerprint density at radius 2 is 2.00 bits per heavy atom. The van der Waals surface area contributed by atoms with Gasteiger partial charge in [0.1, 0.15) is 6.61 Å². The minimum atomic E-state index is -0.446. The summed E-state index contributed by atoms with van der Waals surface area (Å²) in [5, 5.41) is 0. The van der Waals surface area contributed by atoms with Gasteiger partial charge < -0.3 is 10.5 Å². The maximum Gasteiger partial charge on any atom is 0.340 e. The number of anilines is 1. The molecule has 0 amide bonds. The first-order valence-electron chi connectivity index (χ1n) is 5.28. The minimum Gasteiger partial charge on any atom is -0.457 e. The molecule has 18 heavy (non-hydrogen) atoms. The van der Waals surface area contributed by atoms with E-state index in [0.29, 0.717) is 11.3 Å². The van der Waals surface area contributed by atoms with Crippen molar-refractivity contribution in [3.63, 3.8) is 0 Å². The average Bonchev–Trinajstić information content (AvgIpc) is 2.38. The van der Waals surface area contributed by atoms with Gasteiger partial charge in [-0.2, -0.15) is 0 Å². The zero-order valence-electron chi connectivity index (χ0n) is 9.47. The molecule has 0 aliphatic rings. The van der Waals surface area contributed by atoms with E-state index in [2.05, 4.69) is 20.9 Å². The first-order chi connectivity index (χ1) is 8.66. The van der Waals surface area contributed by atoms with Crippen molar-refractivity contribution < 1.29 is 9.53 Å². The molecule has 1 aromatic carbocycles. The fourth-order valence-corrected chi connectivity index (χ4v) is 1.66. The van der Waals surface area contributed by atoms with Crippen molar-refractivity contribution in [2.24, 2.45) is 0 Å². The lowest BCUT2D eigenvalue weighted by atomic mass is 10.2. The van der Waals surface area contributed by atoms with Gasteiger partial charge in [-0.3, -0.25) is 4.98 Å². The van der Waals surface area contributed by atoms with Gasteiger partial charge in [-0.05, 0) is 23.8 Å². The number of pyridine rings is 1. The number of nitrogen functional groups attached to an aromatic ring is 1. The van der Waals surface area contributed by atoms with E-state index in [9.17, 15) is 4.79 Å². The maximum atomic E-state index is 11.8. The number of carbonyl (C=O) groups excluding carboxylic acids is 1. The third-order valence-corrected chi connectivity index (χ3v) is 2.88. The number of benzene rings is 1. The SMILES string of the molecule is Nc1cnccc1C(=O)OCc1ccc(Br)cc1. The van der Waals surface area contributed by atoms with Crippen molar-refractivity contribution in [2.75, 3.05) is 5.73 Å². The lowest BCUT2D eigenvalue weighted by Crippen LogP contribution is -2.08. The van der Waals surface area contributed by atoms with Gasteiger partial charge in [-0.1, -0.05) is 28.1 Å². The van der Waals surface area contributed by atoms with E-state index in [0.717, 1.165) is 10.0 Å². The molecule has 0 unspecified atom stereocenters. The van der Waals surface area contributed by atoms with Crippen molar-refractivity contribution in [1.82, 2.24) is 4.98 Å². The molecular formula is C13H11BrN2O2. The molecule has 0 radical (unpaired) electrons. The second kappa shape index (κ2) is 5.64. The molecule has 2 rings (SSSR count). The van der Waals surface area contributed by atoms with E-state index in [1.54, 1.807) is 6.07 Å². The normalized spacial score (nSPS) is 10.1. The van der Waals surface area contributed by atoms with E-state index < -0.39 is 5.97 Å². The Hall–Kier alpha value is -1.88. The van der Waals surface area contributed by atoms with Gasteiger partial charge >= 0.3 is 5.97 Å². The summed E-state index contributed by atoms with van der Waals surface area (Å²) in [6.07, 6.45) is 2.93. The number of hydrogen-bond acceptors (Lipinski definition) is 4. The lowest BCUT2D eigenvalue weighted by Gasteiger charge is -2.06. The molecule has 92 valence electrons. The highest BCUT2D eigenvalue weighted by Crippen LogP contribution is 2.14. The van der Waals surface area contributed by atoms with Crippen LogP contribution in [0.3, 0.4) is 0 Å². The summed E-state index contributed by atoms with van der Waals surface area (Å²) in [5.41, 5.74) is 7.21. The van der Waals surface area contributed by atoms with Gasteiger partial charge in [-0.25, -0.2) is 4.79 Å². The molecule has 1 aromatic heterocycles. The summed E-state index contributed by atoms with van der Waals surface area (Å²) in [4.78, 5) is 15.6. The smallest absolute Gasteiger partial charge is 0.340 e. The van der Waals surface area contributed by atoms with Crippen molar-refractivity contribution in [3.05, 3.63) is 58.3 Å². The topological polar surface area (TPSA) is 65.2 Å². The Balaban J connectivity index is 2.01. The number of ether oxygens (including phenoxy) is 1. The van der Waals surface area contributed by atoms with E-state index in [-0.39, 0.29) is 6.61 Å². The van der Waals surface area contributed by atoms with E-state index >= 15 is 0 Å². The van der Waals surface area contributed by atoms with Crippen LogP contribution < -0.4 is 5.73 Å². The van der Waals surface area contributed by atoms with Crippen LogP contribution in [0.15, 0.2) is 47.2 Å². The summed E-state index contributed by atoms with van der Waals surface area (Å²) in [7, 11) is 0. The minimum absolute atomic E-state index is 0.216. The molecule has 2 N–H and O–H groups in total. The van der Waals surface area contributed by atoms with Crippen LogP contribution in [-0.2, 0) is 11.3 Å². The molecule has 2 aromatic rings. The molecule has 0 bridgehead atoms. The van der Waals surface area contributed by atoms with E-state index in [1.807, 2.05) is 24.3 Å². The van der Waals surface area contributed by atoms with Crippen LogP contribution in [-0.4, -0.2) is 11.0 Å². The molecular weight excluding hydrogens is 296 g/mol. The summed E-state index contributed by atoms with van der Waals surface area (Å²) >= 11 is 3.34.